The standard InChI is InChI=1S/C27H31F3N2O3S/c1-26(2,3)35-25(33)32-21-14-20(21)24(31-36(34)27(4,5)6)22(32)12-15-8-7-9-19(23(15)30)16-10-17(28)13-18(29)11-16/h7-11,13,20-22H,12,14H2,1-6H3/t20?,21?,22?,36-/m1/s1. The Morgan fingerprint density at radius 2 is 1.72 bits per heavy atom. The van der Waals surface area contributed by atoms with Gasteiger partial charge >= 0.3 is 6.09 Å². The molecule has 1 saturated carbocycles. The number of benzene rings is 2. The maximum atomic E-state index is 15.7. The Bertz CT molecular complexity index is 1230. The van der Waals surface area contributed by atoms with Crippen molar-refractivity contribution in [3.8, 4) is 11.1 Å². The zero-order valence-corrected chi connectivity index (χ0v) is 22.1. The summed E-state index contributed by atoms with van der Waals surface area (Å²) in [7, 11) is -1.56. The second-order valence-corrected chi connectivity index (χ2v) is 13.2. The van der Waals surface area contributed by atoms with Crippen LogP contribution in [0.1, 0.15) is 53.5 Å². The lowest BCUT2D eigenvalue weighted by Gasteiger charge is -2.31. The highest BCUT2D eigenvalue weighted by Gasteiger charge is 2.59. The summed E-state index contributed by atoms with van der Waals surface area (Å²) < 4.78 is 65.7. The largest absolute Gasteiger partial charge is 0.444 e. The summed E-state index contributed by atoms with van der Waals surface area (Å²) >= 11 is 0. The fourth-order valence-corrected chi connectivity index (χ4v) is 5.17. The van der Waals surface area contributed by atoms with Crippen LogP contribution >= 0.6 is 0 Å². The van der Waals surface area contributed by atoms with E-state index in [4.69, 9.17) is 4.74 Å². The smallest absolute Gasteiger partial charge is 0.411 e. The first-order chi connectivity index (χ1) is 16.7. The molecule has 194 valence electrons. The molecule has 4 rings (SSSR count). The average molecular weight is 521 g/mol. The van der Waals surface area contributed by atoms with Crippen molar-refractivity contribution in [2.24, 2.45) is 10.3 Å². The predicted octanol–water partition coefficient (Wildman–Crippen LogP) is 6.22. The molecule has 9 heteroatoms. The molecule has 0 N–H and O–H groups in total. The molecule has 1 amide bonds. The Labute approximate surface area is 212 Å². The van der Waals surface area contributed by atoms with Crippen molar-refractivity contribution in [1.82, 2.24) is 4.90 Å². The molecular formula is C27H31F3N2O3S. The van der Waals surface area contributed by atoms with Gasteiger partial charge in [0.2, 0.25) is 0 Å². The Balaban J connectivity index is 1.74. The van der Waals surface area contributed by atoms with Crippen LogP contribution in [0.15, 0.2) is 40.8 Å². The molecule has 36 heavy (non-hydrogen) atoms. The van der Waals surface area contributed by atoms with Crippen LogP contribution in [-0.2, 0) is 22.1 Å². The summed E-state index contributed by atoms with van der Waals surface area (Å²) in [6, 6.07) is 6.71. The van der Waals surface area contributed by atoms with E-state index in [1.807, 2.05) is 20.8 Å². The summed E-state index contributed by atoms with van der Waals surface area (Å²) in [5.41, 5.74) is 0.252. The molecule has 1 aliphatic heterocycles. The predicted molar refractivity (Wildman–Crippen MR) is 135 cm³/mol. The molecule has 1 aliphatic carbocycles. The highest BCUT2D eigenvalue weighted by Crippen LogP contribution is 2.48. The van der Waals surface area contributed by atoms with Gasteiger partial charge in [-0.2, -0.15) is 4.40 Å². The fraction of sp³-hybridized carbons (Fsp3) is 0.481. The molecule has 5 nitrogen and oxygen atoms in total. The van der Waals surface area contributed by atoms with E-state index in [1.54, 1.807) is 37.8 Å². The molecule has 0 aromatic heterocycles. The molecule has 0 spiro atoms. The zero-order valence-electron chi connectivity index (χ0n) is 21.3. The number of likely N-dealkylation sites (tertiary alicyclic amines) is 1. The number of fused-ring (bicyclic) bond motifs is 1. The minimum Gasteiger partial charge on any atom is -0.444 e. The number of nitrogens with zero attached hydrogens (tertiary/aromatic N) is 2. The third-order valence-electron chi connectivity index (χ3n) is 6.15. The van der Waals surface area contributed by atoms with E-state index in [0.29, 0.717) is 12.1 Å². The number of halogens is 3. The lowest BCUT2D eigenvalue weighted by Crippen LogP contribution is -2.45. The van der Waals surface area contributed by atoms with E-state index >= 15 is 4.39 Å². The average Bonchev–Trinajstić information content (AvgIpc) is 3.44. The third kappa shape index (κ3) is 5.51. The number of carbonyl (C=O) groups is 1. The normalized spacial score (nSPS) is 23.5. The summed E-state index contributed by atoms with van der Waals surface area (Å²) in [5.74, 6) is -2.30. The first-order valence-electron chi connectivity index (χ1n) is 11.9. The number of hydrogen-bond acceptors (Lipinski definition) is 3. The van der Waals surface area contributed by atoms with Gasteiger partial charge < -0.3 is 4.74 Å². The Morgan fingerprint density at radius 1 is 1.08 bits per heavy atom. The van der Waals surface area contributed by atoms with Crippen LogP contribution in [0.4, 0.5) is 18.0 Å². The van der Waals surface area contributed by atoms with Gasteiger partial charge in [-0.3, -0.25) is 4.90 Å². The van der Waals surface area contributed by atoms with Gasteiger partial charge in [0.15, 0.2) is 0 Å². The van der Waals surface area contributed by atoms with Gasteiger partial charge in [0.1, 0.15) is 34.0 Å². The highest BCUT2D eigenvalue weighted by molar-refractivity contribution is 7.85. The van der Waals surface area contributed by atoms with Crippen molar-refractivity contribution in [1.29, 1.82) is 0 Å². The van der Waals surface area contributed by atoms with Crippen molar-refractivity contribution in [3.05, 3.63) is 59.4 Å². The monoisotopic (exact) mass is 520 g/mol. The first-order valence-corrected chi connectivity index (χ1v) is 13.0. The van der Waals surface area contributed by atoms with Crippen molar-refractivity contribution < 1.29 is 26.9 Å². The molecule has 1 heterocycles. The Hall–Kier alpha value is -2.68. The van der Waals surface area contributed by atoms with Gasteiger partial charge in [-0.1, -0.05) is 18.2 Å². The van der Waals surface area contributed by atoms with Crippen LogP contribution in [0.3, 0.4) is 0 Å². The first kappa shape index (κ1) is 26.4. The van der Waals surface area contributed by atoms with E-state index in [0.717, 1.165) is 18.2 Å². The number of piperidine rings is 1. The SMILES string of the molecule is CC(C)(C)OC(=O)N1C(Cc2cccc(-c3cc(F)cc(F)c3)c2F)C(=N[S@](=O)C(C)(C)C)C2CC21. The summed E-state index contributed by atoms with van der Waals surface area (Å²) in [6.07, 6.45) is 0.209. The third-order valence-corrected chi connectivity index (χ3v) is 7.58. The van der Waals surface area contributed by atoms with Gasteiger partial charge in [0.25, 0.3) is 0 Å². The van der Waals surface area contributed by atoms with Crippen molar-refractivity contribution in [3.63, 3.8) is 0 Å². The second-order valence-electron chi connectivity index (χ2n) is 11.3. The molecular weight excluding hydrogens is 489 g/mol. The van der Waals surface area contributed by atoms with E-state index in [1.165, 1.54) is 6.07 Å². The maximum Gasteiger partial charge on any atom is 0.411 e. The van der Waals surface area contributed by atoms with Crippen LogP contribution in [0.2, 0.25) is 0 Å². The minimum atomic E-state index is -1.56. The molecule has 2 aromatic rings. The summed E-state index contributed by atoms with van der Waals surface area (Å²) in [6.45, 7) is 10.7. The lowest BCUT2D eigenvalue weighted by molar-refractivity contribution is 0.0213. The van der Waals surface area contributed by atoms with E-state index < -0.39 is 50.9 Å². The van der Waals surface area contributed by atoms with Crippen molar-refractivity contribution in [2.75, 3.05) is 0 Å². The second kappa shape index (κ2) is 9.32. The summed E-state index contributed by atoms with van der Waals surface area (Å²) in [5, 5.41) is 0. The molecule has 3 unspecified atom stereocenters. The fourth-order valence-electron chi connectivity index (χ4n) is 4.45. The molecule has 0 bridgehead atoms. The number of amides is 1. The zero-order chi connectivity index (χ0) is 26.6. The van der Waals surface area contributed by atoms with Gasteiger partial charge in [0.05, 0.1) is 16.5 Å². The number of hydrogen-bond donors (Lipinski definition) is 0. The maximum absolute atomic E-state index is 15.7. The molecule has 1 saturated heterocycles. The molecule has 0 radical (unpaired) electrons. The Kier molecular flexibility index (Phi) is 6.83. The van der Waals surface area contributed by atoms with Crippen LogP contribution < -0.4 is 0 Å². The van der Waals surface area contributed by atoms with E-state index in [2.05, 4.69) is 4.40 Å². The van der Waals surface area contributed by atoms with Gasteiger partial charge in [-0.25, -0.2) is 22.2 Å². The molecule has 4 atom stereocenters. The molecule has 2 fully saturated rings. The number of carbonyl (C=O) groups excluding carboxylic acids is 1. The molecule has 2 aromatic carbocycles. The lowest BCUT2D eigenvalue weighted by atomic mass is 9.96. The van der Waals surface area contributed by atoms with Gasteiger partial charge in [0, 0.05) is 30.0 Å². The topological polar surface area (TPSA) is 59.0 Å². The van der Waals surface area contributed by atoms with E-state index in [-0.39, 0.29) is 35.1 Å². The Morgan fingerprint density at radius 3 is 2.31 bits per heavy atom. The van der Waals surface area contributed by atoms with Crippen molar-refractivity contribution in [2.45, 2.75) is 76.8 Å². The van der Waals surface area contributed by atoms with Crippen LogP contribution in [0, 0.1) is 23.4 Å². The van der Waals surface area contributed by atoms with Crippen molar-refractivity contribution >= 4 is 22.8 Å². The van der Waals surface area contributed by atoms with Crippen LogP contribution in [-0.4, -0.2) is 43.3 Å². The van der Waals surface area contributed by atoms with Gasteiger partial charge in [-0.05, 0) is 71.2 Å². The highest BCUT2D eigenvalue weighted by atomic mass is 32.2. The van der Waals surface area contributed by atoms with Crippen LogP contribution in [0.25, 0.3) is 11.1 Å². The quantitative estimate of drug-likeness (QED) is 0.481. The number of ether oxygens (including phenoxy) is 1. The van der Waals surface area contributed by atoms with E-state index in [9.17, 15) is 17.8 Å². The van der Waals surface area contributed by atoms with Crippen LogP contribution in [0.5, 0.6) is 0 Å². The molecule has 2 aliphatic rings. The summed E-state index contributed by atoms with van der Waals surface area (Å²) in [4.78, 5) is 14.8. The minimum absolute atomic E-state index is 0.0506. The van der Waals surface area contributed by atoms with Gasteiger partial charge in [-0.15, -0.1) is 0 Å². The number of rotatable bonds is 4.